The Kier molecular flexibility index (Phi) is 7.09. The molecule has 4 rings (SSSR count). The molecule has 0 radical (unpaired) electrons. The third-order valence-corrected chi connectivity index (χ3v) is 6.44. The highest BCUT2D eigenvalue weighted by Gasteiger charge is 2.27. The van der Waals surface area contributed by atoms with Gasteiger partial charge in [-0.2, -0.15) is 10.2 Å². The Morgan fingerprint density at radius 1 is 1.24 bits per heavy atom. The fourth-order valence-corrected chi connectivity index (χ4v) is 4.90. The Morgan fingerprint density at radius 3 is 2.67 bits per heavy atom. The summed E-state index contributed by atoms with van der Waals surface area (Å²) in [4.78, 5) is 17.5. The van der Waals surface area contributed by atoms with Gasteiger partial charge in [0.15, 0.2) is 11.3 Å². The number of fused-ring (bicyclic) bond motifs is 1. The molecule has 1 aliphatic rings. The Bertz CT molecular complexity index is 1100. The Labute approximate surface area is 194 Å². The van der Waals surface area contributed by atoms with Crippen LogP contribution in [0.4, 0.5) is 0 Å². The first-order valence-electron chi connectivity index (χ1n) is 11.8. The Balaban J connectivity index is 1.47. The molecule has 9 nitrogen and oxygen atoms in total. The van der Waals surface area contributed by atoms with E-state index in [0.29, 0.717) is 24.4 Å². The van der Waals surface area contributed by atoms with Gasteiger partial charge in [0, 0.05) is 42.6 Å². The number of amides is 1. The van der Waals surface area contributed by atoms with E-state index in [9.17, 15) is 4.79 Å². The molecule has 0 aliphatic heterocycles. The molecule has 1 aliphatic carbocycles. The minimum absolute atomic E-state index is 0.107. The van der Waals surface area contributed by atoms with Crippen LogP contribution in [0, 0.1) is 6.92 Å². The number of H-pyrrole nitrogens is 1. The van der Waals surface area contributed by atoms with Crippen LogP contribution in [0.3, 0.4) is 0 Å². The van der Waals surface area contributed by atoms with Gasteiger partial charge < -0.3 is 15.4 Å². The fraction of sp³-hybridized carbons (Fsp3) is 0.583. The number of aromatic amines is 1. The Hall–Kier alpha value is -2.78. The molecule has 1 saturated carbocycles. The number of hydrogen-bond acceptors (Lipinski definition) is 6. The summed E-state index contributed by atoms with van der Waals surface area (Å²) in [7, 11) is 1.73. The number of aromatic nitrogens is 5. The molecule has 178 valence electrons. The number of rotatable bonds is 8. The number of nitrogens with one attached hydrogen (secondary N) is 3. The fourth-order valence-electron chi connectivity index (χ4n) is 4.90. The SMILES string of the molecule is COCC(C)N[C@H]1CC[C@H](NC(=O)c2n[nH]c(-c3cc(C)c4ncnn4c3)c2C(C)C)CC1. The zero-order valence-electron chi connectivity index (χ0n) is 20.2. The molecule has 3 aromatic rings. The van der Waals surface area contributed by atoms with E-state index >= 15 is 0 Å². The molecule has 0 saturated heterocycles. The molecule has 3 aromatic heterocycles. The first-order valence-corrected chi connectivity index (χ1v) is 11.8. The van der Waals surface area contributed by atoms with Crippen LogP contribution in [0.15, 0.2) is 18.6 Å². The molecule has 1 atom stereocenters. The molecule has 1 fully saturated rings. The van der Waals surface area contributed by atoms with Gasteiger partial charge in [0.1, 0.15) is 6.33 Å². The van der Waals surface area contributed by atoms with Crippen molar-refractivity contribution >= 4 is 11.6 Å². The summed E-state index contributed by atoms with van der Waals surface area (Å²) in [6, 6.07) is 3.04. The van der Waals surface area contributed by atoms with Gasteiger partial charge in [0.25, 0.3) is 5.91 Å². The van der Waals surface area contributed by atoms with E-state index in [-0.39, 0.29) is 17.9 Å². The number of nitrogens with zero attached hydrogens (tertiary/aromatic N) is 4. The van der Waals surface area contributed by atoms with Crippen LogP contribution >= 0.6 is 0 Å². The zero-order chi connectivity index (χ0) is 23.5. The highest BCUT2D eigenvalue weighted by Crippen LogP contribution is 2.31. The lowest BCUT2D eigenvalue weighted by atomic mass is 9.90. The summed E-state index contributed by atoms with van der Waals surface area (Å²) in [6.45, 7) is 9.03. The average molecular weight is 454 g/mol. The number of carbonyl (C=O) groups excluding carboxylic acids is 1. The maximum Gasteiger partial charge on any atom is 0.272 e. The van der Waals surface area contributed by atoms with Crippen molar-refractivity contribution in [1.29, 1.82) is 0 Å². The van der Waals surface area contributed by atoms with Crippen molar-refractivity contribution < 1.29 is 9.53 Å². The molecular formula is C24H35N7O2. The number of pyridine rings is 1. The van der Waals surface area contributed by atoms with Gasteiger partial charge in [0.2, 0.25) is 0 Å². The lowest BCUT2D eigenvalue weighted by Crippen LogP contribution is -2.45. The minimum Gasteiger partial charge on any atom is -0.383 e. The van der Waals surface area contributed by atoms with Gasteiger partial charge in [-0.15, -0.1) is 0 Å². The van der Waals surface area contributed by atoms with Crippen molar-refractivity contribution in [2.45, 2.75) is 77.4 Å². The van der Waals surface area contributed by atoms with Crippen molar-refractivity contribution in [3.63, 3.8) is 0 Å². The van der Waals surface area contributed by atoms with Crippen LogP contribution in [-0.4, -0.2) is 62.5 Å². The van der Waals surface area contributed by atoms with Crippen LogP contribution < -0.4 is 10.6 Å². The number of aryl methyl sites for hydroxylation is 1. The van der Waals surface area contributed by atoms with Gasteiger partial charge >= 0.3 is 0 Å². The van der Waals surface area contributed by atoms with Crippen molar-refractivity contribution in [3.05, 3.63) is 35.4 Å². The molecule has 33 heavy (non-hydrogen) atoms. The van der Waals surface area contributed by atoms with Crippen LogP contribution in [-0.2, 0) is 4.74 Å². The van der Waals surface area contributed by atoms with Crippen molar-refractivity contribution in [2.24, 2.45) is 0 Å². The number of methoxy groups -OCH3 is 1. The van der Waals surface area contributed by atoms with Crippen LogP contribution in [0.25, 0.3) is 16.9 Å². The zero-order valence-corrected chi connectivity index (χ0v) is 20.2. The van der Waals surface area contributed by atoms with Gasteiger partial charge in [-0.25, -0.2) is 9.50 Å². The number of hydrogen-bond donors (Lipinski definition) is 3. The molecule has 0 bridgehead atoms. The van der Waals surface area contributed by atoms with E-state index in [1.54, 1.807) is 18.0 Å². The lowest BCUT2D eigenvalue weighted by molar-refractivity contribution is 0.0915. The second-order valence-electron chi connectivity index (χ2n) is 9.50. The monoisotopic (exact) mass is 453 g/mol. The van der Waals surface area contributed by atoms with E-state index in [1.165, 1.54) is 0 Å². The normalized spacial score (nSPS) is 19.8. The molecule has 3 N–H and O–H groups in total. The standard InChI is InChI=1S/C24H35N7O2/c1-14(2)20-21(17-10-15(3)23-25-13-26-31(23)11-17)29-30-22(20)24(32)28-19-8-6-18(7-9-19)27-16(4)12-33-5/h10-11,13-14,16,18-19,27H,6-9,12H2,1-5H3,(H,28,32)(H,29,30)/t16?,18-,19-. The van der Waals surface area contributed by atoms with Crippen molar-refractivity contribution in [3.8, 4) is 11.3 Å². The molecule has 1 amide bonds. The summed E-state index contributed by atoms with van der Waals surface area (Å²) >= 11 is 0. The minimum atomic E-state index is -0.107. The third kappa shape index (κ3) is 5.09. The smallest absolute Gasteiger partial charge is 0.272 e. The maximum absolute atomic E-state index is 13.2. The highest BCUT2D eigenvalue weighted by molar-refractivity contribution is 5.96. The van der Waals surface area contributed by atoms with E-state index in [0.717, 1.165) is 53.7 Å². The third-order valence-electron chi connectivity index (χ3n) is 6.44. The maximum atomic E-state index is 13.2. The number of carbonyl (C=O) groups is 1. The van der Waals surface area contributed by atoms with Crippen LogP contribution in [0.1, 0.15) is 74.0 Å². The molecule has 0 spiro atoms. The van der Waals surface area contributed by atoms with E-state index in [4.69, 9.17) is 4.74 Å². The predicted molar refractivity (Wildman–Crippen MR) is 127 cm³/mol. The first kappa shape index (κ1) is 23.4. The van der Waals surface area contributed by atoms with Gasteiger partial charge in [-0.05, 0) is 57.1 Å². The summed E-state index contributed by atoms with van der Waals surface area (Å²) in [5.41, 5.74) is 5.04. The van der Waals surface area contributed by atoms with Crippen LogP contribution in [0.2, 0.25) is 0 Å². The summed E-state index contributed by atoms with van der Waals surface area (Å²) in [5, 5.41) is 18.7. The second-order valence-corrected chi connectivity index (χ2v) is 9.50. The highest BCUT2D eigenvalue weighted by atomic mass is 16.5. The number of ether oxygens (including phenoxy) is 1. The van der Waals surface area contributed by atoms with Gasteiger partial charge in [-0.3, -0.25) is 9.89 Å². The van der Waals surface area contributed by atoms with E-state index < -0.39 is 0 Å². The topological polar surface area (TPSA) is 109 Å². The van der Waals surface area contributed by atoms with Gasteiger partial charge in [0.05, 0.1) is 12.3 Å². The summed E-state index contributed by atoms with van der Waals surface area (Å²) in [6.07, 6.45) is 7.47. The largest absolute Gasteiger partial charge is 0.383 e. The quantitative estimate of drug-likeness (QED) is 0.483. The van der Waals surface area contributed by atoms with Crippen LogP contribution in [0.5, 0.6) is 0 Å². The molecule has 3 heterocycles. The van der Waals surface area contributed by atoms with E-state index in [2.05, 4.69) is 57.8 Å². The summed E-state index contributed by atoms with van der Waals surface area (Å²) in [5.74, 6) is 0.0253. The average Bonchev–Trinajstić information content (AvgIpc) is 3.42. The first-order chi connectivity index (χ1) is 15.9. The molecule has 0 aromatic carbocycles. The molecule has 9 heteroatoms. The predicted octanol–water partition coefficient (Wildman–Crippen LogP) is 3.22. The van der Waals surface area contributed by atoms with E-state index in [1.807, 2.05) is 13.1 Å². The second kappa shape index (κ2) is 10.0. The van der Waals surface area contributed by atoms with Gasteiger partial charge in [-0.1, -0.05) is 13.8 Å². The summed E-state index contributed by atoms with van der Waals surface area (Å²) < 4.78 is 6.98. The van der Waals surface area contributed by atoms with Crippen molar-refractivity contribution in [2.75, 3.05) is 13.7 Å². The Morgan fingerprint density at radius 2 is 1.97 bits per heavy atom. The molecular weight excluding hydrogens is 418 g/mol. The molecule has 1 unspecified atom stereocenters. The van der Waals surface area contributed by atoms with Crippen molar-refractivity contribution in [1.82, 2.24) is 35.4 Å². The lowest BCUT2D eigenvalue weighted by Gasteiger charge is -2.31.